The number of piperidine rings is 1. The molecular weight excluding hydrogens is 641 g/mol. The first kappa shape index (κ1) is 30.6. The predicted molar refractivity (Wildman–Crippen MR) is 162 cm³/mol. The lowest BCUT2D eigenvalue weighted by Crippen LogP contribution is -2.46. The van der Waals surface area contributed by atoms with Crippen LogP contribution in [0.1, 0.15) is 52.5 Å². The van der Waals surface area contributed by atoms with E-state index >= 15 is 0 Å². The fourth-order valence-corrected chi connectivity index (χ4v) is 6.75. The molecule has 2 aliphatic rings. The molecule has 1 aliphatic carbocycles. The molecule has 1 saturated heterocycles. The predicted octanol–water partition coefficient (Wildman–Crippen LogP) is 4.68. The van der Waals surface area contributed by atoms with Crippen molar-refractivity contribution in [2.45, 2.75) is 50.7 Å². The van der Waals surface area contributed by atoms with Crippen molar-refractivity contribution in [3.63, 3.8) is 0 Å². The first-order chi connectivity index (χ1) is 22.4. The minimum atomic E-state index is -4.60. The van der Waals surface area contributed by atoms with E-state index in [4.69, 9.17) is 16.0 Å². The molecule has 2 amide bonds. The topological polar surface area (TPSA) is 141 Å². The number of alkyl halides is 3. The van der Waals surface area contributed by atoms with Crippen molar-refractivity contribution in [1.29, 1.82) is 0 Å². The zero-order valence-electron chi connectivity index (χ0n) is 24.8. The van der Waals surface area contributed by atoms with E-state index in [1.54, 1.807) is 40.8 Å². The number of oxazole rings is 1. The molecule has 0 saturated carbocycles. The lowest BCUT2D eigenvalue weighted by molar-refractivity contribution is -0.137. The number of amides is 2. The van der Waals surface area contributed by atoms with Gasteiger partial charge in [0, 0.05) is 42.9 Å². The molecule has 242 valence electrons. The minimum absolute atomic E-state index is 0.000848. The second-order valence-corrected chi connectivity index (χ2v) is 12.0. The molecule has 0 radical (unpaired) electrons. The minimum Gasteiger partial charge on any atom is -0.438 e. The monoisotopic (exact) mass is 666 g/mol. The number of carbonyl (C=O) groups is 2. The van der Waals surface area contributed by atoms with Gasteiger partial charge < -0.3 is 19.2 Å². The van der Waals surface area contributed by atoms with Gasteiger partial charge in [0.25, 0.3) is 11.5 Å². The number of carbonyl (C=O) groups excluding carboxylic acids is 2. The summed E-state index contributed by atoms with van der Waals surface area (Å²) in [5, 5.41) is 6.74. The molecule has 4 aromatic heterocycles. The molecule has 5 aromatic rings. The van der Waals surface area contributed by atoms with Crippen LogP contribution in [-0.4, -0.2) is 58.9 Å². The van der Waals surface area contributed by atoms with Crippen LogP contribution >= 0.6 is 11.6 Å². The van der Waals surface area contributed by atoms with Crippen LogP contribution in [0.15, 0.2) is 58.0 Å². The van der Waals surface area contributed by atoms with Crippen molar-refractivity contribution in [3.05, 3.63) is 92.6 Å². The number of aryl methyl sites for hydroxylation is 1. The van der Waals surface area contributed by atoms with Crippen LogP contribution in [0.3, 0.4) is 0 Å². The van der Waals surface area contributed by atoms with Gasteiger partial charge in [-0.25, -0.2) is 4.98 Å². The zero-order valence-corrected chi connectivity index (χ0v) is 25.6. The number of likely N-dealkylation sites (tertiary alicyclic amines) is 1. The standard InChI is InChI=1S/C31H26ClF3N8O4/c1-17-37-15-23(47-17)26-39-29-42(16-24(44)38-20-6-5-18(14-19(20)32)31(33,34)35)22-7-8-30(25(22)28(46)43(29)40-26)9-12-41(13-10-30)27(45)21-4-2-3-11-36-21/h2-6,11,14-15H,7-10,12-13,16H2,1H3,(H,38,44). The first-order valence-corrected chi connectivity index (χ1v) is 15.1. The van der Waals surface area contributed by atoms with Crippen molar-refractivity contribution in [2.75, 3.05) is 18.4 Å². The molecule has 47 heavy (non-hydrogen) atoms. The summed E-state index contributed by atoms with van der Waals surface area (Å²) in [7, 11) is 0. The van der Waals surface area contributed by atoms with Gasteiger partial charge in [-0.05, 0) is 56.0 Å². The zero-order chi connectivity index (χ0) is 33.1. The Morgan fingerprint density at radius 2 is 1.89 bits per heavy atom. The molecule has 5 heterocycles. The Morgan fingerprint density at radius 1 is 1.11 bits per heavy atom. The molecule has 16 heteroatoms. The van der Waals surface area contributed by atoms with Crippen LogP contribution in [0.5, 0.6) is 0 Å². The molecule has 1 fully saturated rings. The summed E-state index contributed by atoms with van der Waals surface area (Å²) >= 11 is 6.10. The summed E-state index contributed by atoms with van der Waals surface area (Å²) in [5.41, 5.74) is -0.457. The van der Waals surface area contributed by atoms with Gasteiger partial charge in [0.15, 0.2) is 11.7 Å². The first-order valence-electron chi connectivity index (χ1n) is 14.8. The fourth-order valence-electron chi connectivity index (χ4n) is 6.53. The Labute approximate surface area is 269 Å². The van der Waals surface area contributed by atoms with E-state index in [1.807, 2.05) is 0 Å². The second kappa shape index (κ2) is 11.3. The van der Waals surface area contributed by atoms with Crippen molar-refractivity contribution in [1.82, 2.24) is 34.0 Å². The summed E-state index contributed by atoms with van der Waals surface area (Å²) in [4.78, 5) is 55.2. The Hall–Kier alpha value is -5.05. The molecular formula is C31H26ClF3N8O4. The lowest BCUT2D eigenvalue weighted by atomic mass is 9.74. The second-order valence-electron chi connectivity index (χ2n) is 11.6. The van der Waals surface area contributed by atoms with Crippen LogP contribution in [0.4, 0.5) is 18.9 Å². The Bertz CT molecular complexity index is 2100. The number of fused-ring (bicyclic) bond motifs is 3. The molecule has 0 unspecified atom stereocenters. The van der Waals surface area contributed by atoms with E-state index in [-0.39, 0.29) is 46.1 Å². The largest absolute Gasteiger partial charge is 0.438 e. The quantitative estimate of drug-likeness (QED) is 0.285. The Morgan fingerprint density at radius 3 is 2.55 bits per heavy atom. The average molecular weight is 667 g/mol. The summed E-state index contributed by atoms with van der Waals surface area (Å²) < 4.78 is 47.8. The molecule has 0 atom stereocenters. The number of nitrogens with zero attached hydrogens (tertiary/aromatic N) is 7. The maximum absolute atomic E-state index is 14.2. The molecule has 0 bridgehead atoms. The van der Waals surface area contributed by atoms with Crippen LogP contribution in [0.25, 0.3) is 17.4 Å². The Kier molecular flexibility index (Phi) is 7.38. The highest BCUT2D eigenvalue weighted by Crippen LogP contribution is 2.45. The molecule has 7 rings (SSSR count). The van der Waals surface area contributed by atoms with Crippen molar-refractivity contribution in [2.24, 2.45) is 0 Å². The molecule has 1 aliphatic heterocycles. The number of aromatic nitrogens is 6. The van der Waals surface area contributed by atoms with Gasteiger partial charge in [-0.3, -0.25) is 19.4 Å². The van der Waals surface area contributed by atoms with Gasteiger partial charge in [0.1, 0.15) is 12.2 Å². The van der Waals surface area contributed by atoms with E-state index in [0.29, 0.717) is 61.6 Å². The fraction of sp³-hybridized carbons (Fsp3) is 0.323. The van der Waals surface area contributed by atoms with Gasteiger partial charge in [-0.2, -0.15) is 22.7 Å². The van der Waals surface area contributed by atoms with Crippen molar-refractivity contribution < 1.29 is 27.2 Å². The number of nitrogens with one attached hydrogen (secondary N) is 1. The number of hydrogen-bond acceptors (Lipinski definition) is 8. The molecule has 1 aromatic carbocycles. The number of hydrogen-bond donors (Lipinski definition) is 1. The third-order valence-corrected chi connectivity index (χ3v) is 9.14. The Balaban J connectivity index is 1.25. The van der Waals surface area contributed by atoms with Gasteiger partial charge in [0.05, 0.1) is 22.5 Å². The summed E-state index contributed by atoms with van der Waals surface area (Å²) in [6.45, 7) is 2.12. The normalized spacial score (nSPS) is 15.7. The van der Waals surface area contributed by atoms with Gasteiger partial charge in [-0.15, -0.1) is 5.10 Å². The van der Waals surface area contributed by atoms with Crippen LogP contribution < -0.4 is 10.9 Å². The van der Waals surface area contributed by atoms with Crippen molar-refractivity contribution in [3.8, 4) is 11.6 Å². The third-order valence-electron chi connectivity index (χ3n) is 8.83. The highest BCUT2D eigenvalue weighted by Gasteiger charge is 2.46. The summed E-state index contributed by atoms with van der Waals surface area (Å²) in [6.07, 6.45) is 0.476. The number of pyridine rings is 1. The lowest BCUT2D eigenvalue weighted by Gasteiger charge is -2.39. The summed E-state index contributed by atoms with van der Waals surface area (Å²) in [5.74, 6) is -0.00305. The molecule has 1 spiro atoms. The van der Waals surface area contributed by atoms with E-state index < -0.39 is 23.1 Å². The smallest absolute Gasteiger partial charge is 0.416 e. The van der Waals surface area contributed by atoms with E-state index in [1.165, 1.54) is 6.20 Å². The van der Waals surface area contributed by atoms with E-state index in [9.17, 15) is 27.6 Å². The molecule has 1 N–H and O–H groups in total. The third kappa shape index (κ3) is 5.43. The number of benzene rings is 1. The SMILES string of the molecule is Cc1ncc(-c2nc3n(CC(=O)Nc4ccc(C(F)(F)F)cc4Cl)c4c(c(=O)n3n2)C2(CC4)CCN(C(=O)c3ccccn3)CC2)o1. The number of halogens is 4. The van der Waals surface area contributed by atoms with E-state index in [2.05, 4.69) is 25.4 Å². The van der Waals surface area contributed by atoms with Crippen LogP contribution in [0, 0.1) is 6.92 Å². The van der Waals surface area contributed by atoms with Gasteiger partial charge in [0.2, 0.25) is 17.5 Å². The maximum atomic E-state index is 14.2. The van der Waals surface area contributed by atoms with E-state index in [0.717, 1.165) is 22.7 Å². The highest BCUT2D eigenvalue weighted by molar-refractivity contribution is 6.33. The van der Waals surface area contributed by atoms with Crippen LogP contribution in [-0.2, 0) is 29.4 Å². The number of rotatable bonds is 5. The maximum Gasteiger partial charge on any atom is 0.416 e. The highest BCUT2D eigenvalue weighted by atomic mass is 35.5. The van der Waals surface area contributed by atoms with Crippen LogP contribution in [0.2, 0.25) is 5.02 Å². The van der Waals surface area contributed by atoms with Crippen molar-refractivity contribution >= 4 is 34.9 Å². The van der Waals surface area contributed by atoms with Gasteiger partial charge >= 0.3 is 6.18 Å². The molecule has 12 nitrogen and oxygen atoms in total. The number of anilines is 1. The van der Waals surface area contributed by atoms with Gasteiger partial charge in [-0.1, -0.05) is 17.7 Å². The average Bonchev–Trinajstić information content (AvgIpc) is 3.78. The summed E-state index contributed by atoms with van der Waals surface area (Å²) in [6, 6.07) is 7.81.